The molecule has 102 valence electrons. The van der Waals surface area contributed by atoms with Crippen LogP contribution in [0, 0.1) is 0 Å². The van der Waals surface area contributed by atoms with Gasteiger partial charge in [0.15, 0.2) is 0 Å². The molecule has 0 heterocycles. The minimum atomic E-state index is -0.614. The fourth-order valence-corrected chi connectivity index (χ4v) is 2.20. The van der Waals surface area contributed by atoms with Crippen LogP contribution >= 0.6 is 0 Å². The van der Waals surface area contributed by atoms with Crippen LogP contribution in [0.15, 0.2) is 24.3 Å². The van der Waals surface area contributed by atoms with E-state index >= 15 is 0 Å². The van der Waals surface area contributed by atoms with Gasteiger partial charge < -0.3 is 10.2 Å². The van der Waals surface area contributed by atoms with E-state index in [2.05, 4.69) is 52.0 Å². The SMILES string of the molecule is CCC(CC(O)CO)c1ccc(C(C)(C)C)cc1. The van der Waals surface area contributed by atoms with Crippen LogP contribution in [0.3, 0.4) is 0 Å². The lowest BCUT2D eigenvalue weighted by Crippen LogP contribution is -2.16. The first kappa shape index (κ1) is 15.2. The van der Waals surface area contributed by atoms with Crippen LogP contribution in [-0.4, -0.2) is 22.9 Å². The summed E-state index contributed by atoms with van der Waals surface area (Å²) in [4.78, 5) is 0. The Morgan fingerprint density at radius 3 is 2.06 bits per heavy atom. The molecule has 2 unspecified atom stereocenters. The molecule has 0 saturated heterocycles. The van der Waals surface area contributed by atoms with E-state index in [0.29, 0.717) is 12.3 Å². The maximum absolute atomic E-state index is 9.55. The molecule has 18 heavy (non-hydrogen) atoms. The lowest BCUT2D eigenvalue weighted by Gasteiger charge is -2.22. The van der Waals surface area contributed by atoms with E-state index in [1.54, 1.807) is 0 Å². The van der Waals surface area contributed by atoms with Gasteiger partial charge in [0.05, 0.1) is 12.7 Å². The molecule has 0 radical (unpaired) electrons. The predicted octanol–water partition coefficient (Wildman–Crippen LogP) is 3.22. The maximum Gasteiger partial charge on any atom is 0.0776 e. The number of benzene rings is 1. The minimum absolute atomic E-state index is 0.156. The smallest absolute Gasteiger partial charge is 0.0776 e. The van der Waals surface area contributed by atoms with Crippen LogP contribution in [0.2, 0.25) is 0 Å². The van der Waals surface area contributed by atoms with Gasteiger partial charge in [0.25, 0.3) is 0 Å². The van der Waals surface area contributed by atoms with Crippen molar-refractivity contribution in [3.63, 3.8) is 0 Å². The zero-order valence-corrected chi connectivity index (χ0v) is 12.0. The van der Waals surface area contributed by atoms with Gasteiger partial charge >= 0.3 is 0 Å². The molecule has 0 aliphatic heterocycles. The summed E-state index contributed by atoms with van der Waals surface area (Å²) in [6.45, 7) is 8.57. The van der Waals surface area contributed by atoms with Gasteiger partial charge in [-0.2, -0.15) is 0 Å². The number of hydrogen-bond donors (Lipinski definition) is 2. The van der Waals surface area contributed by atoms with E-state index in [4.69, 9.17) is 5.11 Å². The highest BCUT2D eigenvalue weighted by Crippen LogP contribution is 2.28. The van der Waals surface area contributed by atoms with Crippen molar-refractivity contribution in [2.75, 3.05) is 6.61 Å². The van der Waals surface area contributed by atoms with E-state index in [1.165, 1.54) is 11.1 Å². The summed E-state index contributed by atoms with van der Waals surface area (Å²) in [5, 5.41) is 18.5. The van der Waals surface area contributed by atoms with Crippen LogP contribution < -0.4 is 0 Å². The Morgan fingerprint density at radius 2 is 1.67 bits per heavy atom. The zero-order valence-electron chi connectivity index (χ0n) is 12.0. The molecule has 0 aromatic heterocycles. The molecule has 0 aliphatic carbocycles. The van der Waals surface area contributed by atoms with Gasteiger partial charge in [0.2, 0.25) is 0 Å². The van der Waals surface area contributed by atoms with Crippen LogP contribution in [0.4, 0.5) is 0 Å². The third-order valence-electron chi connectivity index (χ3n) is 3.51. The van der Waals surface area contributed by atoms with E-state index in [1.807, 2.05) is 0 Å². The third-order valence-corrected chi connectivity index (χ3v) is 3.51. The van der Waals surface area contributed by atoms with Crippen LogP contribution in [0.1, 0.15) is 57.6 Å². The summed E-state index contributed by atoms with van der Waals surface area (Å²) in [6, 6.07) is 8.64. The van der Waals surface area contributed by atoms with Crippen LogP contribution in [0.25, 0.3) is 0 Å². The van der Waals surface area contributed by atoms with E-state index < -0.39 is 6.10 Å². The summed E-state index contributed by atoms with van der Waals surface area (Å²) < 4.78 is 0. The Balaban J connectivity index is 2.82. The second-order valence-corrected chi connectivity index (χ2v) is 6.05. The van der Waals surface area contributed by atoms with Gasteiger partial charge in [-0.3, -0.25) is 0 Å². The molecule has 0 amide bonds. The standard InChI is InChI=1S/C16H26O2/c1-5-12(10-15(18)11-17)13-6-8-14(9-7-13)16(2,3)4/h6-9,12,15,17-18H,5,10-11H2,1-4H3. The topological polar surface area (TPSA) is 40.5 Å². The predicted molar refractivity (Wildman–Crippen MR) is 75.9 cm³/mol. The van der Waals surface area contributed by atoms with Gasteiger partial charge in [-0.15, -0.1) is 0 Å². The van der Waals surface area contributed by atoms with Crippen molar-refractivity contribution < 1.29 is 10.2 Å². The van der Waals surface area contributed by atoms with E-state index in [-0.39, 0.29) is 12.0 Å². The second kappa shape index (κ2) is 6.35. The zero-order chi connectivity index (χ0) is 13.8. The third kappa shape index (κ3) is 4.11. The van der Waals surface area contributed by atoms with Gasteiger partial charge in [-0.25, -0.2) is 0 Å². The van der Waals surface area contributed by atoms with Crippen molar-refractivity contribution in [2.45, 2.75) is 58.0 Å². The lowest BCUT2D eigenvalue weighted by atomic mass is 9.84. The molecule has 1 aromatic carbocycles. The molecule has 1 aromatic rings. The Bertz CT molecular complexity index is 348. The number of aliphatic hydroxyl groups excluding tert-OH is 2. The molecule has 0 saturated carbocycles. The summed E-state index contributed by atoms with van der Waals surface area (Å²) in [5.74, 6) is 0.321. The molecule has 2 heteroatoms. The molecule has 2 N–H and O–H groups in total. The molecule has 0 spiro atoms. The van der Waals surface area contributed by atoms with Gasteiger partial charge in [0.1, 0.15) is 0 Å². The highest BCUT2D eigenvalue weighted by Gasteiger charge is 2.17. The summed E-state index contributed by atoms with van der Waals surface area (Å²) >= 11 is 0. The van der Waals surface area contributed by atoms with Gasteiger partial charge in [-0.1, -0.05) is 52.0 Å². The molecule has 1 rings (SSSR count). The van der Waals surface area contributed by atoms with Crippen LogP contribution in [-0.2, 0) is 5.41 Å². The fraction of sp³-hybridized carbons (Fsp3) is 0.625. The average Bonchev–Trinajstić information content (AvgIpc) is 2.34. The number of aliphatic hydroxyl groups is 2. The van der Waals surface area contributed by atoms with E-state index in [9.17, 15) is 5.11 Å². The monoisotopic (exact) mass is 250 g/mol. The summed E-state index contributed by atoms with van der Waals surface area (Å²) in [6.07, 6.45) is 0.991. The highest BCUT2D eigenvalue weighted by atomic mass is 16.3. The van der Waals surface area contributed by atoms with Gasteiger partial charge in [-0.05, 0) is 35.3 Å². The fourth-order valence-electron chi connectivity index (χ4n) is 2.20. The molecule has 2 atom stereocenters. The lowest BCUT2D eigenvalue weighted by molar-refractivity contribution is 0.0817. The first-order chi connectivity index (χ1) is 8.38. The minimum Gasteiger partial charge on any atom is -0.394 e. The van der Waals surface area contributed by atoms with Crippen molar-refractivity contribution in [2.24, 2.45) is 0 Å². The molecule has 0 bridgehead atoms. The Labute approximate surface area is 111 Å². The highest BCUT2D eigenvalue weighted by molar-refractivity contribution is 5.29. The molecule has 2 nitrogen and oxygen atoms in total. The normalized spacial score (nSPS) is 15.4. The van der Waals surface area contributed by atoms with Crippen molar-refractivity contribution in [3.8, 4) is 0 Å². The molecule has 0 fully saturated rings. The first-order valence-corrected chi connectivity index (χ1v) is 6.77. The van der Waals surface area contributed by atoms with Gasteiger partial charge in [0, 0.05) is 0 Å². The van der Waals surface area contributed by atoms with Crippen molar-refractivity contribution in [1.82, 2.24) is 0 Å². The Morgan fingerprint density at radius 1 is 1.11 bits per heavy atom. The molecular formula is C16H26O2. The molecular weight excluding hydrogens is 224 g/mol. The van der Waals surface area contributed by atoms with Crippen molar-refractivity contribution in [3.05, 3.63) is 35.4 Å². The number of hydrogen-bond acceptors (Lipinski definition) is 2. The van der Waals surface area contributed by atoms with E-state index in [0.717, 1.165) is 6.42 Å². The Hall–Kier alpha value is -0.860. The van der Waals surface area contributed by atoms with Crippen molar-refractivity contribution in [1.29, 1.82) is 0 Å². The average molecular weight is 250 g/mol. The summed E-state index contributed by atoms with van der Waals surface area (Å²) in [5.41, 5.74) is 2.74. The van der Waals surface area contributed by atoms with Crippen LogP contribution in [0.5, 0.6) is 0 Å². The Kier molecular flexibility index (Phi) is 5.36. The maximum atomic E-state index is 9.55. The largest absolute Gasteiger partial charge is 0.394 e. The molecule has 0 aliphatic rings. The number of rotatable bonds is 5. The second-order valence-electron chi connectivity index (χ2n) is 6.05. The summed E-state index contributed by atoms with van der Waals surface area (Å²) in [7, 11) is 0. The quantitative estimate of drug-likeness (QED) is 0.842. The first-order valence-electron chi connectivity index (χ1n) is 6.77. The van der Waals surface area contributed by atoms with Crippen molar-refractivity contribution >= 4 is 0 Å².